The number of nitrogens with zero attached hydrogens (tertiary/aromatic N) is 2. The summed E-state index contributed by atoms with van der Waals surface area (Å²) in [6.45, 7) is 1.54. The van der Waals surface area contributed by atoms with E-state index in [1.807, 2.05) is 0 Å². The summed E-state index contributed by atoms with van der Waals surface area (Å²) in [5.41, 5.74) is 1.31. The number of likely N-dealkylation sites (tertiary alicyclic amines) is 1. The second kappa shape index (κ2) is 10.9. The highest BCUT2D eigenvalue weighted by molar-refractivity contribution is 7.92. The Kier molecular flexibility index (Phi) is 8.20. The van der Waals surface area contributed by atoms with Crippen LogP contribution in [0.1, 0.15) is 36.0 Å². The van der Waals surface area contributed by atoms with Crippen LogP contribution in [0, 0.1) is 0 Å². The summed E-state index contributed by atoms with van der Waals surface area (Å²) in [5, 5.41) is 3.09. The van der Waals surface area contributed by atoms with Gasteiger partial charge in [0.2, 0.25) is 15.9 Å². The summed E-state index contributed by atoms with van der Waals surface area (Å²) in [7, 11) is -2.11. The molecule has 0 spiro atoms. The van der Waals surface area contributed by atoms with Crippen LogP contribution in [0.3, 0.4) is 0 Å². The highest BCUT2D eigenvalue weighted by atomic mass is 35.5. The van der Waals surface area contributed by atoms with Crippen molar-refractivity contribution in [2.75, 3.05) is 42.6 Å². The van der Waals surface area contributed by atoms with Gasteiger partial charge in [-0.25, -0.2) is 8.42 Å². The minimum atomic E-state index is -3.59. The second-order valence-electron chi connectivity index (χ2n) is 7.85. The van der Waals surface area contributed by atoms with Crippen LogP contribution in [0.2, 0.25) is 5.02 Å². The lowest BCUT2D eigenvalue weighted by Crippen LogP contribution is -2.31. The molecule has 1 aliphatic rings. The van der Waals surface area contributed by atoms with Crippen molar-refractivity contribution in [2.45, 2.75) is 25.7 Å². The van der Waals surface area contributed by atoms with Crippen molar-refractivity contribution in [2.24, 2.45) is 0 Å². The molecule has 1 saturated heterocycles. The molecule has 0 bridgehead atoms. The van der Waals surface area contributed by atoms with E-state index < -0.39 is 10.0 Å². The lowest BCUT2D eigenvalue weighted by Gasteiger charge is -2.23. The highest BCUT2D eigenvalue weighted by Gasteiger charge is 2.23. The van der Waals surface area contributed by atoms with E-state index in [4.69, 9.17) is 16.3 Å². The fraction of sp³-hybridized carbons (Fsp3) is 0.391. The van der Waals surface area contributed by atoms with E-state index in [-0.39, 0.29) is 31.2 Å². The SMILES string of the molecule is COc1ccc(N(CCCC(=O)Nc2ccccc2C(=O)N2CCCC2)S(C)(=O)=O)cc1Cl. The quantitative estimate of drug-likeness (QED) is 0.573. The maximum Gasteiger partial charge on any atom is 0.255 e. The third kappa shape index (κ3) is 6.39. The Labute approximate surface area is 199 Å². The molecule has 1 heterocycles. The maximum atomic E-state index is 12.8. The van der Waals surface area contributed by atoms with Gasteiger partial charge >= 0.3 is 0 Å². The van der Waals surface area contributed by atoms with E-state index in [0.29, 0.717) is 27.7 Å². The molecule has 2 amide bonds. The Bertz CT molecular complexity index is 1120. The Morgan fingerprint density at radius 1 is 1.15 bits per heavy atom. The number of nitrogens with one attached hydrogen (secondary N) is 1. The number of anilines is 2. The molecule has 1 N–H and O–H groups in total. The molecule has 10 heteroatoms. The number of sulfonamides is 1. The number of carbonyl (C=O) groups excluding carboxylic acids is 2. The fourth-order valence-electron chi connectivity index (χ4n) is 3.76. The van der Waals surface area contributed by atoms with Gasteiger partial charge in [-0.05, 0) is 49.6 Å². The number of carbonyl (C=O) groups is 2. The summed E-state index contributed by atoms with van der Waals surface area (Å²) in [5.74, 6) is 0.0521. The van der Waals surface area contributed by atoms with E-state index in [1.165, 1.54) is 17.5 Å². The molecular weight excluding hydrogens is 466 g/mol. The molecule has 8 nitrogen and oxygen atoms in total. The molecule has 1 aliphatic heterocycles. The van der Waals surface area contributed by atoms with E-state index in [9.17, 15) is 18.0 Å². The Morgan fingerprint density at radius 2 is 1.85 bits per heavy atom. The monoisotopic (exact) mass is 493 g/mol. The van der Waals surface area contributed by atoms with Crippen LogP contribution in [0.25, 0.3) is 0 Å². The molecule has 0 radical (unpaired) electrons. The molecule has 0 aromatic heterocycles. The summed E-state index contributed by atoms with van der Waals surface area (Å²) < 4.78 is 31.0. The Balaban J connectivity index is 1.63. The zero-order valence-corrected chi connectivity index (χ0v) is 20.3. The smallest absolute Gasteiger partial charge is 0.255 e. The lowest BCUT2D eigenvalue weighted by molar-refractivity contribution is -0.116. The number of rotatable bonds is 9. The number of benzene rings is 2. The highest BCUT2D eigenvalue weighted by Crippen LogP contribution is 2.30. The maximum absolute atomic E-state index is 12.8. The van der Waals surface area contributed by atoms with Crippen molar-refractivity contribution < 1.29 is 22.7 Å². The average molecular weight is 494 g/mol. The molecule has 178 valence electrons. The first-order chi connectivity index (χ1) is 15.7. The molecule has 0 aliphatic carbocycles. The number of hydrogen-bond acceptors (Lipinski definition) is 5. The first-order valence-electron chi connectivity index (χ1n) is 10.7. The van der Waals surface area contributed by atoms with Crippen LogP contribution in [0.4, 0.5) is 11.4 Å². The first-order valence-corrected chi connectivity index (χ1v) is 12.9. The van der Waals surface area contributed by atoms with Crippen molar-refractivity contribution in [1.29, 1.82) is 0 Å². The Hall–Kier alpha value is -2.78. The van der Waals surface area contributed by atoms with Gasteiger partial charge in [0.1, 0.15) is 5.75 Å². The van der Waals surface area contributed by atoms with Crippen LogP contribution >= 0.6 is 11.6 Å². The minimum Gasteiger partial charge on any atom is -0.495 e. The van der Waals surface area contributed by atoms with E-state index >= 15 is 0 Å². The molecule has 33 heavy (non-hydrogen) atoms. The molecule has 3 rings (SSSR count). The summed E-state index contributed by atoms with van der Waals surface area (Å²) >= 11 is 6.14. The van der Waals surface area contributed by atoms with Crippen LogP contribution in [0.15, 0.2) is 42.5 Å². The van der Waals surface area contributed by atoms with E-state index in [0.717, 1.165) is 32.2 Å². The van der Waals surface area contributed by atoms with Gasteiger partial charge in [-0.2, -0.15) is 0 Å². The van der Waals surface area contributed by atoms with Crippen molar-refractivity contribution in [3.63, 3.8) is 0 Å². The average Bonchev–Trinajstić information content (AvgIpc) is 3.31. The van der Waals surface area contributed by atoms with Gasteiger partial charge in [0, 0.05) is 26.1 Å². The number of halogens is 1. The summed E-state index contributed by atoms with van der Waals surface area (Å²) in [6.07, 6.45) is 3.44. The van der Waals surface area contributed by atoms with E-state index in [2.05, 4.69) is 5.32 Å². The normalized spacial score (nSPS) is 13.6. The standard InChI is InChI=1S/C23H28ClN3O5S/c1-32-21-12-11-17(16-19(21)24)27(33(2,30)31)15-7-10-22(28)25-20-9-4-3-8-18(20)23(29)26-13-5-6-14-26/h3-4,8-9,11-12,16H,5-7,10,13-15H2,1-2H3,(H,25,28). The van der Waals surface area contributed by atoms with Gasteiger partial charge in [0.25, 0.3) is 5.91 Å². The number of hydrogen-bond donors (Lipinski definition) is 1. The van der Waals surface area contributed by atoms with Crippen molar-refractivity contribution in [1.82, 2.24) is 4.90 Å². The zero-order chi connectivity index (χ0) is 24.0. The van der Waals surface area contributed by atoms with Crippen LogP contribution in [-0.4, -0.2) is 58.1 Å². The van der Waals surface area contributed by atoms with E-state index in [1.54, 1.807) is 41.3 Å². The summed E-state index contributed by atoms with van der Waals surface area (Å²) in [4.78, 5) is 27.1. The first kappa shape index (κ1) is 24.9. The van der Waals surface area contributed by atoms with Crippen LogP contribution in [-0.2, 0) is 14.8 Å². The van der Waals surface area contributed by atoms with Gasteiger partial charge in [0.15, 0.2) is 0 Å². The van der Waals surface area contributed by atoms with Gasteiger partial charge < -0.3 is 15.0 Å². The van der Waals surface area contributed by atoms with Gasteiger partial charge in [0.05, 0.1) is 35.3 Å². The van der Waals surface area contributed by atoms with Crippen LogP contribution < -0.4 is 14.4 Å². The molecule has 2 aromatic carbocycles. The molecule has 0 atom stereocenters. The third-order valence-corrected chi connectivity index (χ3v) is 6.90. The number of ether oxygens (including phenoxy) is 1. The molecular formula is C23H28ClN3O5S. The van der Waals surface area contributed by atoms with Gasteiger partial charge in [-0.1, -0.05) is 23.7 Å². The van der Waals surface area contributed by atoms with Crippen molar-refractivity contribution >= 4 is 44.8 Å². The largest absolute Gasteiger partial charge is 0.495 e. The lowest BCUT2D eigenvalue weighted by atomic mass is 10.1. The van der Waals surface area contributed by atoms with Gasteiger partial charge in [-0.15, -0.1) is 0 Å². The van der Waals surface area contributed by atoms with Crippen LogP contribution in [0.5, 0.6) is 5.75 Å². The Morgan fingerprint density at radius 3 is 2.48 bits per heavy atom. The minimum absolute atomic E-state index is 0.0855. The number of amides is 2. The predicted molar refractivity (Wildman–Crippen MR) is 130 cm³/mol. The summed E-state index contributed by atoms with van der Waals surface area (Å²) in [6, 6.07) is 11.6. The van der Waals surface area contributed by atoms with Gasteiger partial charge in [-0.3, -0.25) is 13.9 Å². The number of methoxy groups -OCH3 is 1. The number of para-hydroxylation sites is 1. The zero-order valence-electron chi connectivity index (χ0n) is 18.7. The molecule has 0 saturated carbocycles. The van der Waals surface area contributed by atoms with Crippen molar-refractivity contribution in [3.05, 3.63) is 53.1 Å². The topological polar surface area (TPSA) is 96.0 Å². The molecule has 2 aromatic rings. The molecule has 0 unspecified atom stereocenters. The third-order valence-electron chi connectivity index (χ3n) is 5.41. The second-order valence-corrected chi connectivity index (χ2v) is 10.2. The molecule has 1 fully saturated rings. The van der Waals surface area contributed by atoms with Crippen molar-refractivity contribution in [3.8, 4) is 5.75 Å². The predicted octanol–water partition coefficient (Wildman–Crippen LogP) is 3.77. The fourth-order valence-corrected chi connectivity index (χ4v) is 4.97.